The molecule has 0 atom stereocenters. The summed E-state index contributed by atoms with van der Waals surface area (Å²) in [6.45, 7) is 2.05. The van der Waals surface area contributed by atoms with Gasteiger partial charge in [-0.2, -0.15) is 0 Å². The van der Waals surface area contributed by atoms with Gasteiger partial charge in [-0.1, -0.05) is 54.6 Å². The Bertz CT molecular complexity index is 657. The summed E-state index contributed by atoms with van der Waals surface area (Å²) in [5, 5.41) is 2.50. The minimum absolute atomic E-state index is 1.08. The van der Waals surface area contributed by atoms with Crippen LogP contribution in [-0.2, 0) is 0 Å². The predicted molar refractivity (Wildman–Crippen MR) is 71.9 cm³/mol. The molecule has 17 heavy (non-hydrogen) atoms. The molecule has 0 saturated carbocycles. The smallest absolute Gasteiger partial charge is 0.0451 e. The summed E-state index contributed by atoms with van der Waals surface area (Å²) in [5.41, 5.74) is 3.50. The lowest BCUT2D eigenvalue weighted by atomic mass is 10.00. The first-order chi connectivity index (χ1) is 8.36. The molecule has 0 aliphatic carbocycles. The number of hydrogen-bond acceptors (Lipinski definition) is 1. The second kappa shape index (κ2) is 4.02. The van der Waals surface area contributed by atoms with Gasteiger partial charge in [-0.15, -0.1) is 0 Å². The molecular formula is C16H13N. The van der Waals surface area contributed by atoms with Crippen LogP contribution in [0.4, 0.5) is 0 Å². The molecule has 1 nitrogen and oxygen atoms in total. The van der Waals surface area contributed by atoms with Gasteiger partial charge in [0, 0.05) is 22.8 Å². The van der Waals surface area contributed by atoms with Crippen LogP contribution in [0.2, 0.25) is 0 Å². The molecule has 3 aromatic rings. The first kappa shape index (κ1) is 10.0. The summed E-state index contributed by atoms with van der Waals surface area (Å²) < 4.78 is 0. The zero-order chi connectivity index (χ0) is 11.7. The molecule has 82 valence electrons. The molecule has 2 aromatic carbocycles. The number of rotatable bonds is 1. The molecule has 0 fully saturated rings. The summed E-state index contributed by atoms with van der Waals surface area (Å²) in [4.78, 5) is 4.48. The summed E-state index contributed by atoms with van der Waals surface area (Å²) in [7, 11) is 0. The highest BCUT2D eigenvalue weighted by atomic mass is 14.7. The van der Waals surface area contributed by atoms with Crippen molar-refractivity contribution in [3.8, 4) is 11.1 Å². The number of fused-ring (bicyclic) bond motifs is 1. The van der Waals surface area contributed by atoms with Crippen LogP contribution in [-0.4, -0.2) is 4.98 Å². The molecule has 0 unspecified atom stereocenters. The molecule has 1 aromatic heterocycles. The molecule has 3 rings (SSSR count). The lowest BCUT2D eigenvalue weighted by Gasteiger charge is -2.08. The van der Waals surface area contributed by atoms with Gasteiger partial charge in [0.25, 0.3) is 0 Å². The fourth-order valence-electron chi connectivity index (χ4n) is 2.18. The first-order valence-electron chi connectivity index (χ1n) is 5.76. The van der Waals surface area contributed by atoms with E-state index in [-0.39, 0.29) is 0 Å². The molecule has 1 heterocycles. The molecule has 0 aliphatic heterocycles. The van der Waals surface area contributed by atoms with Crippen molar-refractivity contribution in [2.45, 2.75) is 6.92 Å². The molecule has 0 N–H and O–H groups in total. The van der Waals surface area contributed by atoms with Crippen molar-refractivity contribution in [3.63, 3.8) is 0 Å². The molecule has 0 radical (unpaired) electrons. The third-order valence-electron chi connectivity index (χ3n) is 3.08. The zero-order valence-corrected chi connectivity index (χ0v) is 9.72. The molecule has 0 amide bonds. The predicted octanol–water partition coefficient (Wildman–Crippen LogP) is 4.21. The van der Waals surface area contributed by atoms with E-state index in [0.717, 1.165) is 5.69 Å². The van der Waals surface area contributed by atoms with E-state index in [2.05, 4.69) is 60.4 Å². The van der Waals surface area contributed by atoms with E-state index in [1.54, 1.807) is 0 Å². The van der Waals surface area contributed by atoms with Gasteiger partial charge < -0.3 is 0 Å². The lowest BCUT2D eigenvalue weighted by Crippen LogP contribution is -1.87. The maximum Gasteiger partial charge on any atom is 0.0451 e. The number of benzene rings is 2. The molecule has 1 heteroatoms. The van der Waals surface area contributed by atoms with Crippen molar-refractivity contribution < 1.29 is 0 Å². The Hall–Kier alpha value is -2.15. The zero-order valence-electron chi connectivity index (χ0n) is 9.72. The lowest BCUT2D eigenvalue weighted by molar-refractivity contribution is 1.24. The first-order valence-corrected chi connectivity index (χ1v) is 5.76. The van der Waals surface area contributed by atoms with E-state index in [9.17, 15) is 0 Å². The number of nitrogens with zero attached hydrogens (tertiary/aromatic N) is 1. The Morgan fingerprint density at radius 2 is 1.41 bits per heavy atom. The summed E-state index contributed by atoms with van der Waals surface area (Å²) in [6, 6.07) is 18.8. The van der Waals surface area contributed by atoms with Gasteiger partial charge >= 0.3 is 0 Å². The molecule has 0 aliphatic rings. The van der Waals surface area contributed by atoms with Crippen molar-refractivity contribution >= 4 is 10.8 Å². The van der Waals surface area contributed by atoms with Crippen molar-refractivity contribution in [1.82, 2.24) is 4.98 Å². The van der Waals surface area contributed by atoms with Gasteiger partial charge in [-0.3, -0.25) is 4.98 Å². The summed E-state index contributed by atoms with van der Waals surface area (Å²) in [5.74, 6) is 0. The SMILES string of the molecule is Cc1ncc(-c2ccccc2)c2ccccc12. The van der Waals surface area contributed by atoms with Crippen molar-refractivity contribution in [3.05, 3.63) is 66.5 Å². The normalized spacial score (nSPS) is 10.6. The van der Waals surface area contributed by atoms with Gasteiger partial charge in [-0.05, 0) is 17.9 Å². The van der Waals surface area contributed by atoms with Gasteiger partial charge in [0.1, 0.15) is 0 Å². The summed E-state index contributed by atoms with van der Waals surface area (Å²) >= 11 is 0. The van der Waals surface area contributed by atoms with Crippen LogP contribution >= 0.6 is 0 Å². The van der Waals surface area contributed by atoms with Crippen LogP contribution in [0.15, 0.2) is 60.8 Å². The Kier molecular flexibility index (Phi) is 2.37. The van der Waals surface area contributed by atoms with Crippen LogP contribution < -0.4 is 0 Å². The standard InChI is InChI=1S/C16H13N/c1-12-14-9-5-6-10-15(14)16(11-17-12)13-7-3-2-4-8-13/h2-11H,1H3. The van der Waals surface area contributed by atoms with Crippen LogP contribution in [0.25, 0.3) is 21.9 Å². The second-order valence-corrected chi connectivity index (χ2v) is 4.17. The molecular weight excluding hydrogens is 206 g/mol. The van der Waals surface area contributed by atoms with E-state index in [4.69, 9.17) is 0 Å². The van der Waals surface area contributed by atoms with Gasteiger partial charge in [0.15, 0.2) is 0 Å². The van der Waals surface area contributed by atoms with E-state index in [1.807, 2.05) is 12.3 Å². The fourth-order valence-corrected chi connectivity index (χ4v) is 2.18. The third-order valence-corrected chi connectivity index (χ3v) is 3.08. The van der Waals surface area contributed by atoms with Crippen LogP contribution in [0.1, 0.15) is 5.69 Å². The topological polar surface area (TPSA) is 12.9 Å². The Morgan fingerprint density at radius 3 is 2.18 bits per heavy atom. The Morgan fingerprint density at radius 1 is 0.765 bits per heavy atom. The highest BCUT2D eigenvalue weighted by Gasteiger charge is 2.05. The largest absolute Gasteiger partial charge is 0.260 e. The maximum atomic E-state index is 4.48. The monoisotopic (exact) mass is 219 g/mol. The second-order valence-electron chi connectivity index (χ2n) is 4.17. The van der Waals surface area contributed by atoms with Crippen molar-refractivity contribution in [1.29, 1.82) is 0 Å². The minimum atomic E-state index is 1.08. The van der Waals surface area contributed by atoms with Crippen LogP contribution in [0.5, 0.6) is 0 Å². The Labute approximate surface area is 101 Å². The number of aryl methyl sites for hydroxylation is 1. The van der Waals surface area contributed by atoms with E-state index >= 15 is 0 Å². The minimum Gasteiger partial charge on any atom is -0.260 e. The highest BCUT2D eigenvalue weighted by Crippen LogP contribution is 2.28. The number of aromatic nitrogens is 1. The van der Waals surface area contributed by atoms with Crippen LogP contribution in [0, 0.1) is 6.92 Å². The van der Waals surface area contributed by atoms with Crippen molar-refractivity contribution in [2.24, 2.45) is 0 Å². The molecule has 0 spiro atoms. The van der Waals surface area contributed by atoms with Crippen molar-refractivity contribution in [2.75, 3.05) is 0 Å². The molecule has 0 saturated heterocycles. The number of pyridine rings is 1. The van der Waals surface area contributed by atoms with E-state index in [0.29, 0.717) is 0 Å². The highest BCUT2D eigenvalue weighted by molar-refractivity contribution is 5.97. The number of hydrogen-bond donors (Lipinski definition) is 0. The fraction of sp³-hybridized carbons (Fsp3) is 0.0625. The van der Waals surface area contributed by atoms with E-state index in [1.165, 1.54) is 21.9 Å². The average Bonchev–Trinajstić information content (AvgIpc) is 2.41. The average molecular weight is 219 g/mol. The Balaban J connectivity index is 2.35. The van der Waals surface area contributed by atoms with Gasteiger partial charge in [-0.25, -0.2) is 0 Å². The third kappa shape index (κ3) is 1.70. The van der Waals surface area contributed by atoms with Gasteiger partial charge in [0.2, 0.25) is 0 Å². The molecule has 0 bridgehead atoms. The summed E-state index contributed by atoms with van der Waals surface area (Å²) in [6.07, 6.45) is 1.97. The quantitative estimate of drug-likeness (QED) is 0.597. The van der Waals surface area contributed by atoms with Gasteiger partial charge in [0.05, 0.1) is 0 Å². The van der Waals surface area contributed by atoms with E-state index < -0.39 is 0 Å². The maximum absolute atomic E-state index is 4.48. The van der Waals surface area contributed by atoms with Crippen LogP contribution in [0.3, 0.4) is 0 Å².